The van der Waals surface area contributed by atoms with Gasteiger partial charge in [-0.15, -0.1) is 0 Å². The van der Waals surface area contributed by atoms with Gasteiger partial charge in [0, 0.05) is 12.6 Å². The largest absolute Gasteiger partial charge is 0.475 e. The Balaban J connectivity index is 1.57. The van der Waals surface area contributed by atoms with Crippen LogP contribution in [0.4, 0.5) is 9.18 Å². The molecule has 2 saturated heterocycles. The van der Waals surface area contributed by atoms with E-state index in [1.807, 2.05) is 20.8 Å². The summed E-state index contributed by atoms with van der Waals surface area (Å²) in [5.74, 6) is -1.11. The van der Waals surface area contributed by atoms with Crippen LogP contribution in [-0.4, -0.2) is 62.8 Å². The molecular weight excluding hydrogens is 452 g/mol. The number of aromatic nitrogens is 3. The molecule has 0 aliphatic carbocycles. The monoisotopic (exact) mass is 473 g/mol. The number of ether oxygens (including phenoxy) is 2. The molecule has 4 heterocycles. The van der Waals surface area contributed by atoms with Gasteiger partial charge in [0.15, 0.2) is 11.0 Å². The minimum absolute atomic E-state index is 0.0458. The number of pyridine rings is 1. The van der Waals surface area contributed by atoms with E-state index >= 15 is 0 Å². The summed E-state index contributed by atoms with van der Waals surface area (Å²) in [4.78, 5) is 36.8. The molecule has 9 nitrogen and oxygen atoms in total. The van der Waals surface area contributed by atoms with Crippen molar-refractivity contribution in [1.82, 2.24) is 25.2 Å². The smallest absolute Gasteiger partial charge is 0.410 e. The van der Waals surface area contributed by atoms with Crippen molar-refractivity contribution in [3.05, 3.63) is 26.6 Å². The summed E-state index contributed by atoms with van der Waals surface area (Å²) in [6, 6.07) is -0.350. The van der Waals surface area contributed by atoms with E-state index in [2.05, 4.69) is 20.3 Å². The van der Waals surface area contributed by atoms with Gasteiger partial charge in [0.25, 0.3) is 5.56 Å². The zero-order chi connectivity index (χ0) is 22.5. The first-order chi connectivity index (χ1) is 14.5. The lowest BCUT2D eigenvalue weighted by atomic mass is 10.1. The van der Waals surface area contributed by atoms with Crippen LogP contribution < -0.4 is 15.6 Å². The summed E-state index contributed by atoms with van der Waals surface area (Å²) in [5.41, 5.74) is -1.62. The normalized spacial score (nSPS) is 23.3. The van der Waals surface area contributed by atoms with E-state index in [1.165, 1.54) is 0 Å². The Labute approximate surface area is 187 Å². The molecule has 12 heteroatoms. The number of H-pyrrole nitrogens is 1. The second kappa shape index (κ2) is 8.07. The van der Waals surface area contributed by atoms with Crippen LogP contribution >= 0.6 is 23.2 Å². The average molecular weight is 474 g/mol. The highest BCUT2D eigenvalue weighted by atomic mass is 35.5. The fraction of sp³-hybridized carbons (Fsp3) is 0.579. The first-order valence-electron chi connectivity index (χ1n) is 9.87. The number of piperazine rings is 1. The van der Waals surface area contributed by atoms with Crippen LogP contribution in [0.3, 0.4) is 0 Å². The number of hydrogen-bond donors (Lipinski definition) is 2. The maximum Gasteiger partial charge on any atom is 0.410 e. The van der Waals surface area contributed by atoms with Crippen LogP contribution in [-0.2, 0) is 4.74 Å². The van der Waals surface area contributed by atoms with Crippen LogP contribution in [0, 0.1) is 5.82 Å². The van der Waals surface area contributed by atoms with Crippen molar-refractivity contribution in [3.8, 4) is 5.88 Å². The van der Waals surface area contributed by atoms with Gasteiger partial charge in [0.1, 0.15) is 23.1 Å². The molecule has 0 aromatic carbocycles. The molecule has 2 bridgehead atoms. The third-order valence-electron chi connectivity index (χ3n) is 5.32. The molecule has 2 aliphatic heterocycles. The van der Waals surface area contributed by atoms with E-state index in [1.54, 1.807) is 4.90 Å². The van der Waals surface area contributed by atoms with Crippen LogP contribution in [0.2, 0.25) is 10.4 Å². The van der Waals surface area contributed by atoms with Crippen molar-refractivity contribution in [2.24, 2.45) is 0 Å². The van der Waals surface area contributed by atoms with Crippen LogP contribution in [0.5, 0.6) is 5.88 Å². The van der Waals surface area contributed by atoms with Crippen LogP contribution in [0.1, 0.15) is 33.6 Å². The van der Waals surface area contributed by atoms with E-state index in [-0.39, 0.29) is 52.9 Å². The quantitative estimate of drug-likeness (QED) is 0.520. The van der Waals surface area contributed by atoms with Gasteiger partial charge in [-0.3, -0.25) is 14.7 Å². The molecule has 31 heavy (non-hydrogen) atoms. The number of aromatic amines is 1. The van der Waals surface area contributed by atoms with Gasteiger partial charge in [-0.2, -0.15) is 4.98 Å². The third-order valence-corrected chi connectivity index (χ3v) is 5.75. The molecule has 2 N–H and O–H groups in total. The van der Waals surface area contributed by atoms with Gasteiger partial charge in [0.2, 0.25) is 11.2 Å². The van der Waals surface area contributed by atoms with Gasteiger partial charge < -0.3 is 14.8 Å². The maximum absolute atomic E-state index is 14.3. The highest BCUT2D eigenvalue weighted by Crippen LogP contribution is 2.33. The number of amides is 1. The maximum atomic E-state index is 14.3. The number of rotatable bonds is 3. The highest BCUT2D eigenvalue weighted by Gasteiger charge is 2.46. The number of carbonyl (C=O) groups excluding carboxylic acids is 1. The predicted molar refractivity (Wildman–Crippen MR) is 112 cm³/mol. The number of hydrogen-bond acceptors (Lipinski definition) is 7. The number of fused-ring (bicyclic) bond motifs is 3. The number of carbonyl (C=O) groups is 1. The van der Waals surface area contributed by atoms with Crippen LogP contribution in [0.25, 0.3) is 10.9 Å². The summed E-state index contributed by atoms with van der Waals surface area (Å²) in [5, 5.41) is 2.42. The Bertz CT molecular complexity index is 1090. The molecule has 2 aromatic rings. The SMILES string of the molecule is CC(C)(C)OC(=O)N1C2CCC1C(COc1nc(Cl)c(F)c3nc(Cl)[nH]c(=O)c13)NC2. The number of halogens is 3. The molecule has 0 saturated carbocycles. The summed E-state index contributed by atoms with van der Waals surface area (Å²) in [6.45, 7) is 6.12. The van der Waals surface area contributed by atoms with Crippen molar-refractivity contribution in [2.45, 2.75) is 57.3 Å². The van der Waals surface area contributed by atoms with Crippen molar-refractivity contribution in [3.63, 3.8) is 0 Å². The fourth-order valence-electron chi connectivity index (χ4n) is 4.07. The summed E-state index contributed by atoms with van der Waals surface area (Å²) in [6.07, 6.45) is 1.26. The topological polar surface area (TPSA) is 109 Å². The minimum atomic E-state index is -0.956. The molecule has 1 amide bonds. The molecule has 2 aromatic heterocycles. The van der Waals surface area contributed by atoms with Gasteiger partial charge in [0.05, 0.1) is 12.1 Å². The van der Waals surface area contributed by atoms with E-state index in [4.69, 9.17) is 32.7 Å². The molecule has 4 rings (SSSR count). The highest BCUT2D eigenvalue weighted by molar-refractivity contribution is 6.30. The zero-order valence-electron chi connectivity index (χ0n) is 17.2. The molecule has 0 radical (unpaired) electrons. The second-order valence-electron chi connectivity index (χ2n) is 8.61. The van der Waals surface area contributed by atoms with E-state index in [0.717, 1.165) is 12.8 Å². The van der Waals surface area contributed by atoms with Crippen LogP contribution in [0.15, 0.2) is 4.79 Å². The average Bonchev–Trinajstić information content (AvgIpc) is 2.98. The summed E-state index contributed by atoms with van der Waals surface area (Å²) in [7, 11) is 0. The Morgan fingerprint density at radius 1 is 1.29 bits per heavy atom. The second-order valence-corrected chi connectivity index (χ2v) is 9.33. The third kappa shape index (κ3) is 4.28. The molecular formula is C19H22Cl2FN5O4. The van der Waals surface area contributed by atoms with Crippen molar-refractivity contribution < 1.29 is 18.7 Å². The Kier molecular flexibility index (Phi) is 5.74. The van der Waals surface area contributed by atoms with Crippen molar-refractivity contribution >= 4 is 40.2 Å². The Morgan fingerprint density at radius 2 is 2.03 bits per heavy atom. The molecule has 2 fully saturated rings. The van der Waals surface area contributed by atoms with Crippen molar-refractivity contribution in [1.29, 1.82) is 0 Å². The van der Waals surface area contributed by atoms with Gasteiger partial charge in [-0.25, -0.2) is 14.2 Å². The molecule has 0 spiro atoms. The van der Waals surface area contributed by atoms with Crippen molar-refractivity contribution in [2.75, 3.05) is 13.2 Å². The zero-order valence-corrected chi connectivity index (χ0v) is 18.7. The molecule has 3 atom stereocenters. The molecule has 3 unspecified atom stereocenters. The van der Waals surface area contributed by atoms with E-state index < -0.39 is 22.1 Å². The lowest BCUT2D eigenvalue weighted by Gasteiger charge is -2.40. The minimum Gasteiger partial charge on any atom is -0.475 e. The predicted octanol–water partition coefficient (Wildman–Crippen LogP) is 2.88. The van der Waals surface area contributed by atoms with E-state index in [9.17, 15) is 14.0 Å². The fourth-order valence-corrected chi connectivity index (χ4v) is 4.40. The number of nitrogens with one attached hydrogen (secondary N) is 2. The standard InChI is InChI=1S/C19H22Cl2FN5O4/c1-19(2,3)31-18(29)27-8-4-5-10(27)9(23-6-8)7-30-16-11-13(12(22)14(20)25-16)24-17(21)26-15(11)28/h8-10,23H,4-7H2,1-3H3,(H,24,26,28). The molecule has 2 aliphatic rings. The van der Waals surface area contributed by atoms with E-state index in [0.29, 0.717) is 6.54 Å². The Hall–Kier alpha value is -2.17. The summed E-state index contributed by atoms with van der Waals surface area (Å²) >= 11 is 11.6. The number of nitrogens with zero attached hydrogens (tertiary/aromatic N) is 3. The molecule has 168 valence electrons. The first kappa shape index (κ1) is 22.0. The summed E-state index contributed by atoms with van der Waals surface area (Å²) < 4.78 is 25.7. The van der Waals surface area contributed by atoms with Gasteiger partial charge >= 0.3 is 6.09 Å². The Morgan fingerprint density at radius 3 is 2.74 bits per heavy atom. The first-order valence-corrected chi connectivity index (χ1v) is 10.6. The van der Waals surface area contributed by atoms with Gasteiger partial charge in [-0.05, 0) is 45.2 Å². The lowest BCUT2D eigenvalue weighted by Crippen LogP contribution is -2.61. The van der Waals surface area contributed by atoms with Gasteiger partial charge in [-0.1, -0.05) is 11.6 Å². The lowest BCUT2D eigenvalue weighted by molar-refractivity contribution is 0.00115.